The summed E-state index contributed by atoms with van der Waals surface area (Å²) in [6.45, 7) is 1.12. The second kappa shape index (κ2) is 8.08. The fraction of sp³-hybridized carbons (Fsp3) is 0.667. The smallest absolute Gasteiger partial charge is 0.326 e. The topological polar surface area (TPSA) is 136 Å². The fourth-order valence-electron chi connectivity index (χ4n) is 1.97. The van der Waals surface area contributed by atoms with Gasteiger partial charge in [0.15, 0.2) is 0 Å². The second-order valence-electron chi connectivity index (χ2n) is 4.74. The molecule has 3 amide bonds. The summed E-state index contributed by atoms with van der Waals surface area (Å²) < 4.78 is 0. The second-order valence-corrected chi connectivity index (χ2v) is 4.74. The minimum Gasteiger partial charge on any atom is -0.481 e. The van der Waals surface area contributed by atoms with Gasteiger partial charge in [-0.3, -0.25) is 9.59 Å². The third-order valence-electron chi connectivity index (χ3n) is 3.11. The number of hydrogen-bond acceptors (Lipinski definition) is 4. The first-order chi connectivity index (χ1) is 9.90. The lowest BCUT2D eigenvalue weighted by Crippen LogP contribution is -2.48. The Balaban J connectivity index is 2.33. The summed E-state index contributed by atoms with van der Waals surface area (Å²) in [6, 6.07) is -2.11. The molecule has 0 aromatic heterocycles. The highest BCUT2D eigenvalue weighted by Crippen LogP contribution is 2.06. The van der Waals surface area contributed by atoms with Crippen LogP contribution in [0.2, 0.25) is 0 Å². The molecule has 9 nitrogen and oxygen atoms in total. The highest BCUT2D eigenvalue weighted by molar-refractivity contribution is 5.86. The minimum absolute atomic E-state index is 0.211. The van der Waals surface area contributed by atoms with Gasteiger partial charge >= 0.3 is 18.0 Å². The zero-order valence-electron chi connectivity index (χ0n) is 11.5. The van der Waals surface area contributed by atoms with E-state index in [1.165, 1.54) is 0 Å². The lowest BCUT2D eigenvalue weighted by molar-refractivity contribution is -0.140. The van der Waals surface area contributed by atoms with Crippen molar-refractivity contribution in [2.24, 2.45) is 0 Å². The molecule has 0 aromatic rings. The number of nitrogens with one attached hydrogen (secondary N) is 2. The van der Waals surface area contributed by atoms with Gasteiger partial charge in [0.1, 0.15) is 6.04 Å². The average molecular weight is 301 g/mol. The van der Waals surface area contributed by atoms with Gasteiger partial charge in [-0.15, -0.1) is 0 Å². The van der Waals surface area contributed by atoms with E-state index in [0.29, 0.717) is 13.1 Å². The number of carboxylic acids is 2. The van der Waals surface area contributed by atoms with Gasteiger partial charge in [0.25, 0.3) is 0 Å². The Labute approximate surface area is 121 Å². The van der Waals surface area contributed by atoms with Crippen LogP contribution in [0.15, 0.2) is 0 Å². The molecule has 21 heavy (non-hydrogen) atoms. The molecule has 1 aliphatic heterocycles. The van der Waals surface area contributed by atoms with Crippen LogP contribution in [0.5, 0.6) is 0 Å². The highest BCUT2D eigenvalue weighted by Gasteiger charge is 2.22. The molecule has 0 aliphatic carbocycles. The van der Waals surface area contributed by atoms with Gasteiger partial charge in [-0.1, -0.05) is 0 Å². The summed E-state index contributed by atoms with van der Waals surface area (Å²) >= 11 is 0. The Morgan fingerprint density at radius 3 is 2.24 bits per heavy atom. The molecule has 1 aliphatic rings. The predicted octanol–water partition coefficient (Wildman–Crippen LogP) is -0.774. The van der Waals surface area contributed by atoms with Gasteiger partial charge in [0.2, 0.25) is 5.91 Å². The SMILES string of the molecule is O=C(O)CCC(NC(=O)NCC(=O)N1CCCC1)C(=O)O. The van der Waals surface area contributed by atoms with Crippen LogP contribution in [0.25, 0.3) is 0 Å². The number of aliphatic carboxylic acids is 2. The zero-order valence-corrected chi connectivity index (χ0v) is 11.5. The van der Waals surface area contributed by atoms with Crippen LogP contribution in [-0.4, -0.2) is 64.7 Å². The zero-order chi connectivity index (χ0) is 15.8. The molecule has 1 rings (SSSR count). The quantitative estimate of drug-likeness (QED) is 0.487. The summed E-state index contributed by atoms with van der Waals surface area (Å²) in [5, 5.41) is 21.8. The maximum absolute atomic E-state index is 11.7. The van der Waals surface area contributed by atoms with E-state index in [1.807, 2.05) is 0 Å². The number of carbonyl (C=O) groups is 4. The number of carbonyl (C=O) groups excluding carboxylic acids is 2. The first-order valence-electron chi connectivity index (χ1n) is 6.67. The number of carboxylic acid groups (broad SMARTS) is 2. The summed E-state index contributed by atoms with van der Waals surface area (Å²) in [7, 11) is 0. The van der Waals surface area contributed by atoms with E-state index in [-0.39, 0.29) is 25.3 Å². The van der Waals surface area contributed by atoms with E-state index >= 15 is 0 Å². The lowest BCUT2D eigenvalue weighted by Gasteiger charge is -2.17. The van der Waals surface area contributed by atoms with E-state index < -0.39 is 24.0 Å². The molecule has 118 valence electrons. The molecule has 0 saturated carbocycles. The maximum atomic E-state index is 11.7. The Kier molecular flexibility index (Phi) is 6.44. The number of hydrogen-bond donors (Lipinski definition) is 4. The minimum atomic E-state index is -1.32. The van der Waals surface area contributed by atoms with Crippen molar-refractivity contribution in [2.45, 2.75) is 31.7 Å². The summed E-state index contributed by atoms with van der Waals surface area (Å²) in [6.07, 6.45) is 1.28. The number of amides is 3. The van der Waals surface area contributed by atoms with E-state index in [9.17, 15) is 19.2 Å². The van der Waals surface area contributed by atoms with Crippen LogP contribution in [0.1, 0.15) is 25.7 Å². The molecule has 4 N–H and O–H groups in total. The third-order valence-corrected chi connectivity index (χ3v) is 3.11. The Morgan fingerprint density at radius 2 is 1.71 bits per heavy atom. The van der Waals surface area contributed by atoms with Gasteiger partial charge in [-0.05, 0) is 19.3 Å². The van der Waals surface area contributed by atoms with Crippen LogP contribution in [0.3, 0.4) is 0 Å². The number of nitrogens with zero attached hydrogens (tertiary/aromatic N) is 1. The van der Waals surface area contributed by atoms with Crippen molar-refractivity contribution < 1.29 is 29.4 Å². The third kappa shape index (κ3) is 6.11. The molecule has 0 aromatic carbocycles. The highest BCUT2D eigenvalue weighted by atomic mass is 16.4. The van der Waals surface area contributed by atoms with E-state index in [4.69, 9.17) is 10.2 Å². The molecular weight excluding hydrogens is 282 g/mol. The van der Waals surface area contributed by atoms with Gasteiger partial charge in [0, 0.05) is 19.5 Å². The van der Waals surface area contributed by atoms with Crippen molar-refractivity contribution in [3.63, 3.8) is 0 Å². The molecule has 0 spiro atoms. The molecule has 0 radical (unpaired) electrons. The van der Waals surface area contributed by atoms with Gasteiger partial charge in [-0.2, -0.15) is 0 Å². The largest absolute Gasteiger partial charge is 0.481 e. The van der Waals surface area contributed by atoms with Crippen molar-refractivity contribution in [2.75, 3.05) is 19.6 Å². The first-order valence-corrected chi connectivity index (χ1v) is 6.67. The average Bonchev–Trinajstić information content (AvgIpc) is 2.94. The van der Waals surface area contributed by atoms with Crippen LogP contribution >= 0.6 is 0 Å². The molecule has 1 unspecified atom stereocenters. The molecular formula is C12H19N3O6. The molecule has 1 atom stereocenters. The van der Waals surface area contributed by atoms with E-state index in [1.54, 1.807) is 4.90 Å². The van der Waals surface area contributed by atoms with Gasteiger partial charge in [-0.25, -0.2) is 9.59 Å². The van der Waals surface area contributed by atoms with Gasteiger partial charge < -0.3 is 25.7 Å². The van der Waals surface area contributed by atoms with Gasteiger partial charge in [0.05, 0.1) is 6.54 Å². The Morgan fingerprint density at radius 1 is 1.10 bits per heavy atom. The standard InChI is InChI=1S/C12H19N3O6/c16-9(15-5-1-2-6-15)7-13-12(21)14-8(11(19)20)3-4-10(17)18/h8H,1-7H2,(H,17,18)(H,19,20)(H2,13,14,21). The van der Waals surface area contributed by atoms with Crippen LogP contribution < -0.4 is 10.6 Å². The van der Waals surface area contributed by atoms with Crippen LogP contribution in [0, 0.1) is 0 Å². The number of urea groups is 1. The molecule has 9 heteroatoms. The van der Waals surface area contributed by atoms with Crippen molar-refractivity contribution in [3.05, 3.63) is 0 Å². The van der Waals surface area contributed by atoms with E-state index in [2.05, 4.69) is 10.6 Å². The summed E-state index contributed by atoms with van der Waals surface area (Å²) in [4.78, 5) is 46.1. The lowest BCUT2D eigenvalue weighted by atomic mass is 10.1. The molecule has 1 heterocycles. The Hall–Kier alpha value is -2.32. The molecule has 1 fully saturated rings. The number of rotatable bonds is 7. The van der Waals surface area contributed by atoms with Crippen LogP contribution in [-0.2, 0) is 14.4 Å². The van der Waals surface area contributed by atoms with Crippen molar-refractivity contribution in [3.8, 4) is 0 Å². The predicted molar refractivity (Wildman–Crippen MR) is 70.6 cm³/mol. The van der Waals surface area contributed by atoms with Crippen LogP contribution in [0.4, 0.5) is 4.79 Å². The maximum Gasteiger partial charge on any atom is 0.326 e. The van der Waals surface area contributed by atoms with Crippen molar-refractivity contribution in [1.29, 1.82) is 0 Å². The fourth-order valence-corrected chi connectivity index (χ4v) is 1.97. The summed E-state index contributed by atoms with van der Waals surface area (Å²) in [5.41, 5.74) is 0. The normalized spacial score (nSPS) is 15.3. The molecule has 0 bridgehead atoms. The van der Waals surface area contributed by atoms with Crippen molar-refractivity contribution >= 4 is 23.9 Å². The molecule has 1 saturated heterocycles. The van der Waals surface area contributed by atoms with Crippen molar-refractivity contribution in [1.82, 2.24) is 15.5 Å². The summed E-state index contributed by atoms with van der Waals surface area (Å²) in [5.74, 6) is -2.69. The first kappa shape index (κ1) is 16.7. The van der Waals surface area contributed by atoms with E-state index in [0.717, 1.165) is 12.8 Å². The monoisotopic (exact) mass is 301 g/mol. The Bertz CT molecular complexity index is 419. The number of likely N-dealkylation sites (tertiary alicyclic amines) is 1.